The minimum Gasteiger partial charge on any atom is -0.491 e. The Hall–Kier alpha value is -3.64. The van der Waals surface area contributed by atoms with Crippen molar-refractivity contribution in [1.82, 2.24) is 14.7 Å². The van der Waals surface area contributed by atoms with E-state index in [1.54, 1.807) is 17.6 Å². The van der Waals surface area contributed by atoms with Crippen LogP contribution < -0.4 is 10.5 Å². The molecule has 1 aliphatic heterocycles. The Kier molecular flexibility index (Phi) is 4.36. The van der Waals surface area contributed by atoms with Gasteiger partial charge in [0.25, 0.3) is 5.91 Å². The van der Waals surface area contributed by atoms with Gasteiger partial charge in [0.2, 0.25) is 0 Å². The molecule has 0 aliphatic carbocycles. The van der Waals surface area contributed by atoms with Crippen LogP contribution in [0.15, 0.2) is 28.9 Å². The number of nitrogens with two attached hydrogens (primary N) is 1. The lowest BCUT2D eigenvalue weighted by Crippen LogP contribution is -2.18. The number of imidazole rings is 1. The van der Waals surface area contributed by atoms with E-state index in [2.05, 4.69) is 22.0 Å². The number of ether oxygens (including phenoxy) is 1. The lowest BCUT2D eigenvalue weighted by molar-refractivity contribution is 0.0995. The van der Waals surface area contributed by atoms with Crippen molar-refractivity contribution < 1.29 is 23.6 Å². The summed E-state index contributed by atoms with van der Waals surface area (Å²) in [4.78, 5) is 15.7. The number of hydrogen-bond acceptors (Lipinski definition) is 6. The number of halogens is 1. The quantitative estimate of drug-likeness (QED) is 0.638. The molecule has 0 spiro atoms. The molecule has 1 aliphatic rings. The molecule has 1 aromatic carbocycles. The van der Waals surface area contributed by atoms with Crippen LogP contribution in [0.1, 0.15) is 34.4 Å². The number of amides is 1. The average molecular weight is 396 g/mol. The van der Waals surface area contributed by atoms with Crippen LogP contribution in [-0.2, 0) is 12.1 Å². The maximum absolute atomic E-state index is 14.6. The van der Waals surface area contributed by atoms with Crippen LogP contribution in [0.4, 0.5) is 4.39 Å². The van der Waals surface area contributed by atoms with Crippen molar-refractivity contribution >= 4 is 5.91 Å². The maximum atomic E-state index is 14.6. The fourth-order valence-corrected chi connectivity index (χ4v) is 2.97. The Morgan fingerprint density at radius 3 is 2.90 bits per heavy atom. The van der Waals surface area contributed by atoms with Gasteiger partial charge in [-0.25, -0.2) is 9.37 Å². The van der Waals surface area contributed by atoms with Gasteiger partial charge in [-0.1, -0.05) is 17.0 Å². The minimum atomic E-state index is -1.63. The van der Waals surface area contributed by atoms with Gasteiger partial charge in [0.05, 0.1) is 17.7 Å². The third kappa shape index (κ3) is 3.46. The fourth-order valence-electron chi connectivity index (χ4n) is 2.97. The number of primary amides is 1. The van der Waals surface area contributed by atoms with Crippen LogP contribution in [0.3, 0.4) is 0 Å². The highest BCUT2D eigenvalue weighted by Crippen LogP contribution is 2.34. The molecule has 0 fully saturated rings. The van der Waals surface area contributed by atoms with Gasteiger partial charge in [-0.15, -0.1) is 0 Å². The first-order valence-electron chi connectivity index (χ1n) is 8.77. The molecule has 29 heavy (non-hydrogen) atoms. The molecule has 3 N–H and O–H groups in total. The highest BCUT2D eigenvalue weighted by Gasteiger charge is 2.25. The molecule has 3 heterocycles. The lowest BCUT2D eigenvalue weighted by atomic mass is 10.0. The van der Waals surface area contributed by atoms with Gasteiger partial charge in [-0.3, -0.25) is 4.79 Å². The summed E-state index contributed by atoms with van der Waals surface area (Å²) in [7, 11) is 0. The van der Waals surface area contributed by atoms with E-state index >= 15 is 0 Å². The summed E-state index contributed by atoms with van der Waals surface area (Å²) in [5.41, 5.74) is 4.52. The third-order valence-electron chi connectivity index (χ3n) is 4.50. The van der Waals surface area contributed by atoms with Crippen molar-refractivity contribution in [2.45, 2.75) is 26.0 Å². The first kappa shape index (κ1) is 18.7. The summed E-state index contributed by atoms with van der Waals surface area (Å²) in [5, 5.41) is 14.3. The molecule has 8 nitrogen and oxygen atoms in total. The molecule has 1 amide bonds. The third-order valence-corrected chi connectivity index (χ3v) is 4.50. The zero-order valence-electron chi connectivity index (χ0n) is 15.7. The standard InChI is InChI=1S/C20H17FN4O4/c1-11-7-17(24-29-11)20(2,27)4-3-12-8-13-16(9-14(12)21)28-6-5-25-10-15(18(22)26)23-19(13)25/h7-10,27H,5-6H2,1-2H3,(H2,22,26). The summed E-state index contributed by atoms with van der Waals surface area (Å²) in [5.74, 6) is 5.23. The van der Waals surface area contributed by atoms with E-state index in [9.17, 15) is 14.3 Å². The van der Waals surface area contributed by atoms with Crippen molar-refractivity contribution in [3.05, 3.63) is 52.9 Å². The van der Waals surface area contributed by atoms with E-state index in [0.717, 1.165) is 0 Å². The predicted molar refractivity (Wildman–Crippen MR) is 99.3 cm³/mol. The number of aromatic nitrogens is 3. The zero-order chi connectivity index (χ0) is 20.8. The van der Waals surface area contributed by atoms with Crippen LogP contribution in [0, 0.1) is 24.6 Å². The molecule has 2 aromatic heterocycles. The van der Waals surface area contributed by atoms with E-state index in [4.69, 9.17) is 15.0 Å². The lowest BCUT2D eigenvalue weighted by Gasteiger charge is -2.12. The summed E-state index contributed by atoms with van der Waals surface area (Å²) < 4.78 is 26.9. The number of rotatable bonds is 2. The molecule has 0 radical (unpaired) electrons. The van der Waals surface area contributed by atoms with Crippen LogP contribution in [0.25, 0.3) is 11.4 Å². The fraction of sp³-hybridized carbons (Fsp3) is 0.250. The molecular weight excluding hydrogens is 379 g/mol. The first-order valence-corrected chi connectivity index (χ1v) is 8.77. The van der Waals surface area contributed by atoms with E-state index in [0.29, 0.717) is 23.7 Å². The number of aryl methyl sites for hydroxylation is 1. The summed E-state index contributed by atoms with van der Waals surface area (Å²) in [6, 6.07) is 4.23. The number of nitrogens with zero attached hydrogens (tertiary/aromatic N) is 3. The van der Waals surface area contributed by atoms with Crippen LogP contribution in [0.5, 0.6) is 5.75 Å². The van der Waals surface area contributed by atoms with Gasteiger partial charge in [0.15, 0.2) is 5.60 Å². The summed E-state index contributed by atoms with van der Waals surface area (Å²) in [6.45, 7) is 3.83. The van der Waals surface area contributed by atoms with Crippen molar-refractivity contribution in [2.75, 3.05) is 6.61 Å². The van der Waals surface area contributed by atoms with Gasteiger partial charge in [0.1, 0.15) is 41.1 Å². The van der Waals surface area contributed by atoms with E-state index in [1.165, 1.54) is 25.3 Å². The molecule has 0 saturated carbocycles. The van der Waals surface area contributed by atoms with Crippen LogP contribution >= 0.6 is 0 Å². The predicted octanol–water partition coefficient (Wildman–Crippen LogP) is 1.74. The monoisotopic (exact) mass is 396 g/mol. The highest BCUT2D eigenvalue weighted by molar-refractivity contribution is 5.91. The van der Waals surface area contributed by atoms with E-state index in [-0.39, 0.29) is 29.3 Å². The average Bonchev–Trinajstić information content (AvgIpc) is 3.25. The zero-order valence-corrected chi connectivity index (χ0v) is 15.7. The van der Waals surface area contributed by atoms with Gasteiger partial charge >= 0.3 is 0 Å². The second-order valence-corrected chi connectivity index (χ2v) is 6.83. The molecular formula is C20H17FN4O4. The van der Waals surface area contributed by atoms with E-state index < -0.39 is 17.3 Å². The van der Waals surface area contributed by atoms with Gasteiger partial charge < -0.3 is 24.7 Å². The Morgan fingerprint density at radius 1 is 1.41 bits per heavy atom. The Balaban J connectivity index is 1.79. The topological polar surface area (TPSA) is 116 Å². The summed E-state index contributed by atoms with van der Waals surface area (Å²) in [6.07, 6.45) is 1.53. The number of carbonyl (C=O) groups excluding carboxylic acids is 1. The van der Waals surface area contributed by atoms with Crippen molar-refractivity contribution in [2.24, 2.45) is 5.73 Å². The molecule has 148 valence electrons. The normalized spacial score (nSPS) is 14.5. The molecule has 0 saturated heterocycles. The van der Waals surface area contributed by atoms with Crippen LogP contribution in [0.2, 0.25) is 0 Å². The second-order valence-electron chi connectivity index (χ2n) is 6.83. The molecule has 0 bridgehead atoms. The smallest absolute Gasteiger partial charge is 0.268 e. The van der Waals surface area contributed by atoms with Crippen molar-refractivity contribution in [3.63, 3.8) is 0 Å². The first-order chi connectivity index (χ1) is 13.7. The Labute approximate surface area is 165 Å². The van der Waals surface area contributed by atoms with E-state index in [1.807, 2.05) is 0 Å². The number of benzene rings is 1. The minimum absolute atomic E-state index is 0.0323. The molecule has 9 heteroatoms. The Morgan fingerprint density at radius 2 is 2.21 bits per heavy atom. The molecule has 1 unspecified atom stereocenters. The second kappa shape index (κ2) is 6.76. The van der Waals surface area contributed by atoms with Crippen molar-refractivity contribution in [1.29, 1.82) is 0 Å². The van der Waals surface area contributed by atoms with Gasteiger partial charge in [0, 0.05) is 18.3 Å². The van der Waals surface area contributed by atoms with Crippen molar-refractivity contribution in [3.8, 4) is 29.0 Å². The highest BCUT2D eigenvalue weighted by atomic mass is 19.1. The molecule has 4 rings (SSSR count). The number of carbonyl (C=O) groups is 1. The van der Waals surface area contributed by atoms with Gasteiger partial charge in [-0.05, 0) is 19.9 Å². The number of fused-ring (bicyclic) bond motifs is 3. The SMILES string of the molecule is Cc1cc(C(C)(O)C#Cc2cc3c(cc2F)OCCn2cc(C(N)=O)nc2-3)no1. The van der Waals surface area contributed by atoms with Gasteiger partial charge in [-0.2, -0.15) is 0 Å². The number of hydrogen-bond donors (Lipinski definition) is 2. The maximum Gasteiger partial charge on any atom is 0.268 e. The molecule has 3 aromatic rings. The largest absolute Gasteiger partial charge is 0.491 e. The number of aliphatic hydroxyl groups is 1. The summed E-state index contributed by atoms with van der Waals surface area (Å²) >= 11 is 0. The molecule has 1 atom stereocenters. The Bertz CT molecular complexity index is 1180. The van der Waals surface area contributed by atoms with Crippen LogP contribution in [-0.4, -0.2) is 32.3 Å².